The van der Waals surface area contributed by atoms with Crippen LogP contribution in [-0.4, -0.2) is 30.1 Å². The van der Waals surface area contributed by atoms with Crippen molar-refractivity contribution in [2.75, 3.05) is 13.2 Å². The second kappa shape index (κ2) is 10.2. The number of benzene rings is 1. The highest BCUT2D eigenvalue weighted by molar-refractivity contribution is 7.13. The summed E-state index contributed by atoms with van der Waals surface area (Å²) in [6.45, 7) is 10.7. The molecule has 2 rings (SSSR count). The summed E-state index contributed by atoms with van der Waals surface area (Å²) >= 11 is 1.32. The van der Waals surface area contributed by atoms with Crippen LogP contribution in [0.1, 0.15) is 58.3 Å². The zero-order valence-electron chi connectivity index (χ0n) is 16.9. The van der Waals surface area contributed by atoms with Gasteiger partial charge in [0.2, 0.25) is 0 Å². The van der Waals surface area contributed by atoms with E-state index in [4.69, 9.17) is 4.74 Å². The highest BCUT2D eigenvalue weighted by atomic mass is 32.1. The van der Waals surface area contributed by atoms with E-state index >= 15 is 0 Å². The third kappa shape index (κ3) is 5.76. The fourth-order valence-corrected chi connectivity index (χ4v) is 3.51. The number of nitrogens with one attached hydrogen (secondary N) is 2. The van der Waals surface area contributed by atoms with Gasteiger partial charge in [-0.05, 0) is 51.8 Å². The molecule has 0 aliphatic rings. The van der Waals surface area contributed by atoms with Crippen molar-refractivity contribution in [1.29, 1.82) is 0 Å². The molecule has 0 radical (unpaired) electrons. The number of nitrogens with zero attached hydrogens (tertiary/aromatic N) is 2. The first-order chi connectivity index (χ1) is 13.3. The van der Waals surface area contributed by atoms with Crippen molar-refractivity contribution in [2.45, 2.75) is 47.2 Å². The molecule has 0 amide bonds. The normalized spacial score (nSPS) is 12.6. The summed E-state index contributed by atoms with van der Waals surface area (Å²) in [7, 11) is 0. The van der Waals surface area contributed by atoms with E-state index < -0.39 is 0 Å². The van der Waals surface area contributed by atoms with E-state index in [1.807, 2.05) is 13.8 Å². The number of hydrogen-bond donors (Lipinski definition) is 2. The minimum absolute atomic E-state index is 0.139. The van der Waals surface area contributed by atoms with E-state index in [-0.39, 0.29) is 17.8 Å². The largest absolute Gasteiger partial charge is 0.462 e. The molecule has 1 aromatic carbocycles. The predicted octanol–water partition coefficient (Wildman–Crippen LogP) is 3.89. The molecule has 1 heterocycles. The van der Waals surface area contributed by atoms with E-state index in [1.165, 1.54) is 17.4 Å². The minimum atomic E-state index is -0.344. The number of aryl methyl sites for hydroxylation is 2. The quantitative estimate of drug-likeness (QED) is 0.414. The monoisotopic (exact) mass is 406 g/mol. The van der Waals surface area contributed by atoms with Gasteiger partial charge >= 0.3 is 5.97 Å². The molecule has 1 aromatic heterocycles. The van der Waals surface area contributed by atoms with Crippen LogP contribution in [0.2, 0.25) is 0 Å². The first-order valence-electron chi connectivity index (χ1n) is 9.30. The van der Waals surface area contributed by atoms with Crippen molar-refractivity contribution in [1.82, 2.24) is 15.6 Å². The van der Waals surface area contributed by atoms with Gasteiger partial charge in [0.25, 0.3) is 0 Å². The van der Waals surface area contributed by atoms with Crippen LogP contribution < -0.4 is 10.6 Å². The standard InChI is InChI=1S/C20H27FN4O2S/c1-6-22-20(23-11-15-8-9-16(21)12(3)10-15)25-14(5)18-24-13(4)17(28-18)19(26)27-7-2/h8-10,14H,6-7,11H2,1-5H3,(H2,22,23,25). The van der Waals surface area contributed by atoms with Gasteiger partial charge in [0, 0.05) is 6.54 Å². The zero-order chi connectivity index (χ0) is 20.7. The van der Waals surface area contributed by atoms with Crippen molar-refractivity contribution in [3.8, 4) is 0 Å². The van der Waals surface area contributed by atoms with Crippen molar-refractivity contribution in [3.05, 3.63) is 50.7 Å². The summed E-state index contributed by atoms with van der Waals surface area (Å²) in [5.41, 5.74) is 2.19. The number of halogens is 1. The molecule has 0 aliphatic carbocycles. The van der Waals surface area contributed by atoms with Crippen LogP contribution >= 0.6 is 11.3 Å². The van der Waals surface area contributed by atoms with Crippen molar-refractivity contribution in [3.63, 3.8) is 0 Å². The van der Waals surface area contributed by atoms with Crippen LogP contribution in [0.5, 0.6) is 0 Å². The Morgan fingerprint density at radius 3 is 2.75 bits per heavy atom. The number of carbonyl (C=O) groups excluding carboxylic acids is 1. The first-order valence-corrected chi connectivity index (χ1v) is 10.1. The molecule has 1 atom stereocenters. The number of carbonyl (C=O) groups is 1. The van der Waals surface area contributed by atoms with E-state index in [1.54, 1.807) is 32.9 Å². The fourth-order valence-electron chi connectivity index (χ4n) is 2.55. The average Bonchev–Trinajstić information content (AvgIpc) is 3.05. The van der Waals surface area contributed by atoms with Crippen LogP contribution in [0.3, 0.4) is 0 Å². The second-order valence-electron chi connectivity index (χ2n) is 6.33. The average molecular weight is 407 g/mol. The SMILES string of the molecule is CCNC(=NCc1ccc(F)c(C)c1)NC(C)c1nc(C)c(C(=O)OCC)s1. The summed E-state index contributed by atoms with van der Waals surface area (Å²) in [5.74, 6) is 0.0636. The molecular formula is C20H27FN4O2S. The second-order valence-corrected chi connectivity index (χ2v) is 7.36. The number of esters is 1. The summed E-state index contributed by atoms with van der Waals surface area (Å²) < 4.78 is 18.5. The Hall–Kier alpha value is -2.48. The summed E-state index contributed by atoms with van der Waals surface area (Å²) in [5, 5.41) is 7.28. The Kier molecular flexibility index (Phi) is 7.92. The highest BCUT2D eigenvalue weighted by Gasteiger charge is 2.20. The lowest BCUT2D eigenvalue weighted by Crippen LogP contribution is -2.38. The Bertz CT molecular complexity index is 851. The van der Waals surface area contributed by atoms with Gasteiger partial charge in [0.15, 0.2) is 5.96 Å². The number of thiazole rings is 1. The van der Waals surface area contributed by atoms with Gasteiger partial charge in [0.1, 0.15) is 15.7 Å². The van der Waals surface area contributed by atoms with Gasteiger partial charge in [-0.2, -0.15) is 0 Å². The minimum Gasteiger partial charge on any atom is -0.462 e. The third-order valence-corrected chi connectivity index (χ3v) is 5.30. The maximum absolute atomic E-state index is 13.4. The number of aliphatic imine (C=N–C) groups is 1. The fraction of sp³-hybridized carbons (Fsp3) is 0.450. The maximum Gasteiger partial charge on any atom is 0.350 e. The topological polar surface area (TPSA) is 75.6 Å². The van der Waals surface area contributed by atoms with Crippen molar-refractivity contribution >= 4 is 23.3 Å². The van der Waals surface area contributed by atoms with Crippen molar-refractivity contribution in [2.24, 2.45) is 4.99 Å². The molecule has 0 fully saturated rings. The lowest BCUT2D eigenvalue weighted by molar-refractivity contribution is 0.0531. The number of ether oxygens (including phenoxy) is 1. The lowest BCUT2D eigenvalue weighted by Gasteiger charge is -2.16. The summed E-state index contributed by atoms with van der Waals surface area (Å²) in [4.78, 5) is 21.6. The van der Waals surface area contributed by atoms with E-state index in [0.29, 0.717) is 41.8 Å². The molecule has 152 valence electrons. The Labute approximate surface area is 169 Å². The van der Waals surface area contributed by atoms with Gasteiger partial charge < -0.3 is 15.4 Å². The molecule has 0 spiro atoms. The number of guanidine groups is 1. The number of aromatic nitrogens is 1. The van der Waals surface area contributed by atoms with Gasteiger partial charge in [-0.3, -0.25) is 0 Å². The molecule has 2 N–H and O–H groups in total. The Balaban J connectivity index is 2.11. The molecule has 0 aliphatic heterocycles. The third-order valence-electron chi connectivity index (χ3n) is 3.98. The van der Waals surface area contributed by atoms with Gasteiger partial charge in [-0.25, -0.2) is 19.2 Å². The number of hydrogen-bond acceptors (Lipinski definition) is 5. The van der Waals surface area contributed by atoms with E-state index in [0.717, 1.165) is 10.6 Å². The van der Waals surface area contributed by atoms with Crippen LogP contribution in [0.4, 0.5) is 4.39 Å². The Morgan fingerprint density at radius 2 is 2.11 bits per heavy atom. The maximum atomic E-state index is 13.4. The van der Waals surface area contributed by atoms with Crippen LogP contribution in [0.15, 0.2) is 23.2 Å². The van der Waals surface area contributed by atoms with E-state index in [2.05, 4.69) is 20.6 Å². The lowest BCUT2D eigenvalue weighted by atomic mass is 10.1. The highest BCUT2D eigenvalue weighted by Crippen LogP contribution is 2.24. The molecule has 1 unspecified atom stereocenters. The van der Waals surface area contributed by atoms with Crippen LogP contribution in [-0.2, 0) is 11.3 Å². The summed E-state index contributed by atoms with van der Waals surface area (Å²) in [6.07, 6.45) is 0. The van der Waals surface area contributed by atoms with Crippen molar-refractivity contribution < 1.29 is 13.9 Å². The molecule has 8 heteroatoms. The first kappa shape index (κ1) is 21.8. The molecule has 6 nitrogen and oxygen atoms in total. The molecule has 0 saturated carbocycles. The summed E-state index contributed by atoms with van der Waals surface area (Å²) in [6, 6.07) is 4.84. The van der Waals surface area contributed by atoms with Gasteiger partial charge in [-0.1, -0.05) is 12.1 Å². The zero-order valence-corrected chi connectivity index (χ0v) is 17.7. The smallest absolute Gasteiger partial charge is 0.350 e. The molecule has 0 bridgehead atoms. The van der Waals surface area contributed by atoms with Gasteiger partial charge in [0.05, 0.1) is 24.9 Å². The van der Waals surface area contributed by atoms with Crippen LogP contribution in [0, 0.1) is 19.7 Å². The molecular weight excluding hydrogens is 379 g/mol. The van der Waals surface area contributed by atoms with Gasteiger partial charge in [-0.15, -0.1) is 11.3 Å². The van der Waals surface area contributed by atoms with E-state index in [9.17, 15) is 9.18 Å². The molecule has 28 heavy (non-hydrogen) atoms. The van der Waals surface area contributed by atoms with Crippen LogP contribution in [0.25, 0.3) is 0 Å². The predicted molar refractivity (Wildman–Crippen MR) is 110 cm³/mol. The number of rotatable bonds is 7. The molecule has 2 aromatic rings. The Morgan fingerprint density at radius 1 is 1.36 bits per heavy atom. The molecule has 0 saturated heterocycles.